The summed E-state index contributed by atoms with van der Waals surface area (Å²) in [5, 5.41) is 3.31. The summed E-state index contributed by atoms with van der Waals surface area (Å²) >= 11 is 0. The summed E-state index contributed by atoms with van der Waals surface area (Å²) in [6.07, 6.45) is 6.61. The smallest absolute Gasteiger partial charge is 0.243 e. The van der Waals surface area contributed by atoms with Crippen LogP contribution in [0.3, 0.4) is 0 Å². The van der Waals surface area contributed by atoms with E-state index >= 15 is 0 Å². The van der Waals surface area contributed by atoms with Crippen LogP contribution < -0.4 is 19.5 Å². The van der Waals surface area contributed by atoms with Crippen LogP contribution in [0.15, 0.2) is 72.8 Å². The Balaban J connectivity index is 1.61. The third-order valence-electron chi connectivity index (χ3n) is 7.95. The van der Waals surface area contributed by atoms with E-state index in [1.165, 1.54) is 6.42 Å². The van der Waals surface area contributed by atoms with Crippen LogP contribution >= 0.6 is 0 Å². The minimum Gasteiger partial charge on any atom is -0.497 e. The Hall–Kier alpha value is -4.00. The van der Waals surface area contributed by atoms with Crippen LogP contribution in [-0.2, 0) is 29.0 Å². The molecular weight excluding hydrogens is 540 g/mol. The second-order valence-corrected chi connectivity index (χ2v) is 11.1. The van der Waals surface area contributed by atoms with E-state index in [-0.39, 0.29) is 24.3 Å². The Kier molecular flexibility index (Phi) is 12.3. The van der Waals surface area contributed by atoms with Gasteiger partial charge in [0.25, 0.3) is 0 Å². The highest BCUT2D eigenvalue weighted by Crippen LogP contribution is 2.29. The molecule has 3 aromatic rings. The van der Waals surface area contributed by atoms with Crippen LogP contribution in [0.2, 0.25) is 0 Å². The van der Waals surface area contributed by atoms with Crippen molar-refractivity contribution in [3.05, 3.63) is 89.5 Å². The third kappa shape index (κ3) is 9.50. The van der Waals surface area contributed by atoms with Gasteiger partial charge in [0.1, 0.15) is 11.8 Å². The summed E-state index contributed by atoms with van der Waals surface area (Å²) in [5.74, 6) is 1.92. The molecule has 7 nitrogen and oxygen atoms in total. The summed E-state index contributed by atoms with van der Waals surface area (Å²) in [5.41, 5.74) is 2.91. The molecule has 1 aliphatic carbocycles. The van der Waals surface area contributed by atoms with Crippen LogP contribution in [0.5, 0.6) is 17.2 Å². The number of methoxy groups -OCH3 is 1. The first-order valence-corrected chi connectivity index (χ1v) is 15.7. The van der Waals surface area contributed by atoms with Crippen molar-refractivity contribution >= 4 is 11.8 Å². The SMILES string of the molecule is CCOc1ccc(CCC(=O)N(Cc2cccc(OC)c2)[C@@H](Cc2ccccc2)C(=O)NC2CCCCC2)cc1OCC. The lowest BCUT2D eigenvalue weighted by Crippen LogP contribution is -2.52. The molecule has 0 unspecified atom stereocenters. The molecule has 0 saturated heterocycles. The van der Waals surface area contributed by atoms with Crippen molar-refractivity contribution in [1.29, 1.82) is 0 Å². The van der Waals surface area contributed by atoms with Gasteiger partial charge in [-0.2, -0.15) is 0 Å². The van der Waals surface area contributed by atoms with Gasteiger partial charge in [-0.1, -0.05) is 67.8 Å². The van der Waals surface area contributed by atoms with E-state index < -0.39 is 6.04 Å². The molecule has 0 spiro atoms. The van der Waals surface area contributed by atoms with Crippen molar-refractivity contribution in [2.24, 2.45) is 0 Å². The Morgan fingerprint density at radius 2 is 1.56 bits per heavy atom. The molecule has 1 fully saturated rings. The average Bonchev–Trinajstić information content (AvgIpc) is 3.04. The number of benzene rings is 3. The molecular formula is C36H46N2O5. The van der Waals surface area contributed by atoms with Gasteiger partial charge in [-0.3, -0.25) is 9.59 Å². The number of aryl methyl sites for hydroxylation is 1. The van der Waals surface area contributed by atoms with Gasteiger partial charge in [-0.25, -0.2) is 0 Å². The maximum atomic E-state index is 14.1. The van der Waals surface area contributed by atoms with E-state index in [1.807, 2.05) is 86.6 Å². The quantitative estimate of drug-likeness (QED) is 0.220. The van der Waals surface area contributed by atoms with Gasteiger partial charge >= 0.3 is 0 Å². The lowest BCUT2D eigenvalue weighted by Gasteiger charge is -2.33. The van der Waals surface area contributed by atoms with Crippen LogP contribution in [-0.4, -0.2) is 49.1 Å². The Labute approximate surface area is 256 Å². The molecule has 1 saturated carbocycles. The molecule has 0 radical (unpaired) electrons. The summed E-state index contributed by atoms with van der Waals surface area (Å²) in [6, 6.07) is 23.0. The highest BCUT2D eigenvalue weighted by molar-refractivity contribution is 5.88. The van der Waals surface area contributed by atoms with Gasteiger partial charge in [-0.05, 0) is 74.1 Å². The van der Waals surface area contributed by atoms with E-state index in [0.29, 0.717) is 49.8 Å². The fraction of sp³-hybridized carbons (Fsp3) is 0.444. The topological polar surface area (TPSA) is 77.1 Å². The summed E-state index contributed by atoms with van der Waals surface area (Å²) < 4.78 is 17.0. The Bertz CT molecular complexity index is 1310. The lowest BCUT2D eigenvalue weighted by molar-refractivity contribution is -0.141. The summed E-state index contributed by atoms with van der Waals surface area (Å²) in [4.78, 5) is 29.9. The fourth-order valence-corrected chi connectivity index (χ4v) is 5.71. The second kappa shape index (κ2) is 16.6. The molecule has 1 N–H and O–H groups in total. The molecule has 1 atom stereocenters. The van der Waals surface area contributed by atoms with Crippen LogP contribution in [0.4, 0.5) is 0 Å². The molecule has 4 rings (SSSR count). The third-order valence-corrected chi connectivity index (χ3v) is 7.95. The molecule has 0 aliphatic heterocycles. The van der Waals surface area contributed by atoms with E-state index in [9.17, 15) is 9.59 Å². The average molecular weight is 587 g/mol. The molecule has 3 aromatic carbocycles. The molecule has 43 heavy (non-hydrogen) atoms. The molecule has 230 valence electrons. The van der Waals surface area contributed by atoms with Gasteiger partial charge < -0.3 is 24.4 Å². The second-order valence-electron chi connectivity index (χ2n) is 11.1. The monoisotopic (exact) mass is 586 g/mol. The zero-order chi connectivity index (χ0) is 30.4. The van der Waals surface area contributed by atoms with Crippen molar-refractivity contribution in [2.75, 3.05) is 20.3 Å². The van der Waals surface area contributed by atoms with Crippen molar-refractivity contribution in [3.63, 3.8) is 0 Å². The standard InChI is InChI=1S/C36H46N2O5/c1-4-42-33-21-19-28(25-34(33)43-5-2)20-22-35(39)38(26-29-15-12-18-31(23-29)41-3)32(24-27-13-8-6-9-14-27)36(40)37-30-16-10-7-11-17-30/h6,8-9,12-15,18-19,21,23,25,30,32H,4-5,7,10-11,16-17,20,22,24,26H2,1-3H3,(H,37,40)/t32-/m0/s1. The first kappa shape index (κ1) is 31.9. The number of hydrogen-bond acceptors (Lipinski definition) is 5. The number of carbonyl (C=O) groups is 2. The first-order valence-electron chi connectivity index (χ1n) is 15.7. The fourth-order valence-electron chi connectivity index (χ4n) is 5.71. The van der Waals surface area contributed by atoms with Crippen molar-refractivity contribution in [1.82, 2.24) is 10.2 Å². The van der Waals surface area contributed by atoms with E-state index in [1.54, 1.807) is 12.0 Å². The van der Waals surface area contributed by atoms with Gasteiger partial charge in [0.2, 0.25) is 11.8 Å². The van der Waals surface area contributed by atoms with Crippen LogP contribution in [0.1, 0.15) is 69.1 Å². The summed E-state index contributed by atoms with van der Waals surface area (Å²) in [7, 11) is 1.63. The number of nitrogens with zero attached hydrogens (tertiary/aromatic N) is 1. The zero-order valence-electron chi connectivity index (χ0n) is 25.8. The molecule has 2 amide bonds. The number of rotatable bonds is 15. The predicted molar refractivity (Wildman–Crippen MR) is 170 cm³/mol. The van der Waals surface area contributed by atoms with Gasteiger partial charge in [-0.15, -0.1) is 0 Å². The minimum atomic E-state index is -0.651. The van der Waals surface area contributed by atoms with Gasteiger partial charge in [0, 0.05) is 25.4 Å². The molecule has 7 heteroatoms. The largest absolute Gasteiger partial charge is 0.497 e. The molecule has 0 aromatic heterocycles. The first-order chi connectivity index (χ1) is 21.0. The van der Waals surface area contributed by atoms with Crippen LogP contribution in [0, 0.1) is 0 Å². The summed E-state index contributed by atoms with van der Waals surface area (Å²) in [6.45, 7) is 5.25. The van der Waals surface area contributed by atoms with Crippen molar-refractivity contribution in [2.45, 2.75) is 83.8 Å². The number of amides is 2. The van der Waals surface area contributed by atoms with Crippen molar-refractivity contribution < 1.29 is 23.8 Å². The van der Waals surface area contributed by atoms with Crippen molar-refractivity contribution in [3.8, 4) is 17.2 Å². The number of hydrogen-bond donors (Lipinski definition) is 1. The zero-order valence-corrected chi connectivity index (χ0v) is 25.8. The molecule has 0 heterocycles. The van der Waals surface area contributed by atoms with Crippen LogP contribution in [0.25, 0.3) is 0 Å². The number of ether oxygens (including phenoxy) is 3. The van der Waals surface area contributed by atoms with Gasteiger partial charge in [0.05, 0.1) is 20.3 Å². The number of carbonyl (C=O) groups excluding carboxylic acids is 2. The maximum Gasteiger partial charge on any atom is 0.243 e. The van der Waals surface area contributed by atoms with Gasteiger partial charge in [0.15, 0.2) is 11.5 Å². The van der Waals surface area contributed by atoms with E-state index in [4.69, 9.17) is 14.2 Å². The molecule has 1 aliphatic rings. The predicted octanol–water partition coefficient (Wildman–Crippen LogP) is 6.51. The lowest BCUT2D eigenvalue weighted by atomic mass is 9.94. The number of nitrogens with one attached hydrogen (secondary N) is 1. The normalized spacial score (nSPS) is 14.0. The Morgan fingerprint density at radius 1 is 0.837 bits per heavy atom. The highest BCUT2D eigenvalue weighted by Gasteiger charge is 2.32. The Morgan fingerprint density at radius 3 is 2.28 bits per heavy atom. The maximum absolute atomic E-state index is 14.1. The van der Waals surface area contributed by atoms with E-state index in [2.05, 4.69) is 5.32 Å². The molecule has 0 bridgehead atoms. The minimum absolute atomic E-state index is 0.0746. The van der Waals surface area contributed by atoms with E-state index in [0.717, 1.165) is 42.4 Å². The highest BCUT2D eigenvalue weighted by atomic mass is 16.5.